The van der Waals surface area contributed by atoms with Gasteiger partial charge in [-0.15, -0.1) is 0 Å². The monoisotopic (exact) mass is 281 g/mol. The third kappa shape index (κ3) is 2.33. The van der Waals surface area contributed by atoms with Gasteiger partial charge in [0.05, 0.1) is 0 Å². The zero-order valence-corrected chi connectivity index (χ0v) is 11.3. The molecule has 0 aliphatic heterocycles. The second-order valence-electron chi connectivity index (χ2n) is 4.24. The largest absolute Gasteiger partial charge is 0.493 e. The third-order valence-corrected chi connectivity index (χ3v) is 3.82. The predicted molar refractivity (Wildman–Crippen MR) is 80.9 cm³/mol. The van der Waals surface area contributed by atoms with E-state index in [0.29, 0.717) is 10.6 Å². The molecule has 0 bridgehead atoms. The molecule has 0 radical (unpaired) electrons. The maximum atomic E-state index is 12.3. The van der Waals surface area contributed by atoms with E-state index < -0.39 is 0 Å². The molecule has 1 aromatic heterocycles. The van der Waals surface area contributed by atoms with E-state index in [1.807, 2.05) is 48.5 Å². The zero-order chi connectivity index (χ0) is 13.9. The number of hydrogen-bond donors (Lipinski definition) is 1. The second kappa shape index (κ2) is 5.27. The number of benzene rings is 2. The molecule has 0 aliphatic carbocycles. The summed E-state index contributed by atoms with van der Waals surface area (Å²) in [5.74, 6) is -0.223. The summed E-state index contributed by atoms with van der Waals surface area (Å²) in [6.07, 6.45) is 0. The smallest absolute Gasteiger partial charge is 0.247 e. The van der Waals surface area contributed by atoms with Crippen LogP contribution in [0, 0.1) is 0 Å². The molecule has 3 nitrogen and oxygen atoms in total. The zero-order valence-electron chi connectivity index (χ0n) is 10.5. The quantitative estimate of drug-likeness (QED) is 0.781. The highest BCUT2D eigenvalue weighted by molar-refractivity contribution is 7.12. The van der Waals surface area contributed by atoms with Gasteiger partial charge in [0, 0.05) is 5.56 Å². The van der Waals surface area contributed by atoms with Crippen molar-refractivity contribution in [2.45, 2.75) is 0 Å². The van der Waals surface area contributed by atoms with Crippen molar-refractivity contribution in [2.24, 2.45) is 0 Å². The predicted octanol–water partition coefficient (Wildman–Crippen LogP) is 3.54. The molecule has 1 heterocycles. The average molecular weight is 281 g/mol. The van der Waals surface area contributed by atoms with E-state index in [1.165, 1.54) is 0 Å². The van der Waals surface area contributed by atoms with Crippen molar-refractivity contribution in [1.82, 2.24) is 4.98 Å². The van der Waals surface area contributed by atoms with E-state index in [0.717, 1.165) is 16.9 Å². The van der Waals surface area contributed by atoms with Crippen LogP contribution in [0.15, 0.2) is 65.5 Å². The summed E-state index contributed by atoms with van der Waals surface area (Å²) >= 11 is 1.04. The number of aromatic nitrogens is 1. The van der Waals surface area contributed by atoms with Gasteiger partial charge in [-0.25, -0.2) is 4.98 Å². The molecular weight excluding hydrogens is 270 g/mol. The lowest BCUT2D eigenvalue weighted by Gasteiger charge is -2.05. The molecular formula is C16H11NO2S. The van der Waals surface area contributed by atoms with Gasteiger partial charge in [-0.05, 0) is 5.56 Å². The summed E-state index contributed by atoms with van der Waals surface area (Å²) < 4.78 is -0.192. The fourth-order valence-electron chi connectivity index (χ4n) is 1.96. The van der Waals surface area contributed by atoms with Crippen molar-refractivity contribution >= 4 is 11.3 Å². The van der Waals surface area contributed by atoms with Crippen molar-refractivity contribution in [3.8, 4) is 27.6 Å². The Labute approximate surface area is 119 Å². The van der Waals surface area contributed by atoms with E-state index in [1.54, 1.807) is 12.1 Å². The highest BCUT2D eigenvalue weighted by atomic mass is 32.1. The first-order valence-electron chi connectivity index (χ1n) is 6.10. The van der Waals surface area contributed by atoms with E-state index in [9.17, 15) is 9.90 Å². The molecule has 20 heavy (non-hydrogen) atoms. The van der Waals surface area contributed by atoms with Crippen LogP contribution < -0.4 is 4.74 Å². The highest BCUT2D eigenvalue weighted by Gasteiger charge is 2.13. The van der Waals surface area contributed by atoms with Crippen LogP contribution in [0.3, 0.4) is 0 Å². The molecule has 0 saturated heterocycles. The molecule has 3 rings (SSSR count). The van der Waals surface area contributed by atoms with Crippen LogP contribution in [0.4, 0.5) is 0 Å². The topological polar surface area (TPSA) is 50.2 Å². The van der Waals surface area contributed by atoms with E-state index >= 15 is 0 Å². The fourth-order valence-corrected chi connectivity index (χ4v) is 2.83. The molecule has 0 unspecified atom stereocenters. The van der Waals surface area contributed by atoms with Crippen LogP contribution in [-0.2, 0) is 0 Å². The lowest BCUT2D eigenvalue weighted by molar-refractivity contribution is 0.457. The summed E-state index contributed by atoms with van der Waals surface area (Å²) in [4.78, 5) is 16.4. The molecule has 0 amide bonds. The molecule has 0 aliphatic rings. The first-order valence-corrected chi connectivity index (χ1v) is 6.92. The SMILES string of the molecule is O=c1sc(-c2ccccc2)nc(O)c1-c1ccccc1. The molecule has 1 N–H and O–H groups in total. The van der Waals surface area contributed by atoms with Crippen LogP contribution in [0.2, 0.25) is 0 Å². The normalized spacial score (nSPS) is 10.4. The van der Waals surface area contributed by atoms with Gasteiger partial charge in [0.25, 0.3) is 0 Å². The van der Waals surface area contributed by atoms with Gasteiger partial charge in [0.15, 0.2) is 0 Å². The van der Waals surface area contributed by atoms with Crippen molar-refractivity contribution in [1.29, 1.82) is 0 Å². The van der Waals surface area contributed by atoms with Crippen molar-refractivity contribution < 1.29 is 5.11 Å². The van der Waals surface area contributed by atoms with Gasteiger partial charge in [-0.1, -0.05) is 72.0 Å². The van der Waals surface area contributed by atoms with Gasteiger partial charge in [-0.3, -0.25) is 4.79 Å². The van der Waals surface area contributed by atoms with Crippen LogP contribution in [-0.4, -0.2) is 10.1 Å². The lowest BCUT2D eigenvalue weighted by atomic mass is 10.1. The van der Waals surface area contributed by atoms with Gasteiger partial charge < -0.3 is 5.11 Å². The minimum Gasteiger partial charge on any atom is -0.493 e. The third-order valence-electron chi connectivity index (χ3n) is 2.91. The summed E-state index contributed by atoms with van der Waals surface area (Å²) in [6.45, 7) is 0. The van der Waals surface area contributed by atoms with Crippen LogP contribution in [0.25, 0.3) is 21.7 Å². The number of rotatable bonds is 2. The Balaban J connectivity index is 2.16. The Morgan fingerprint density at radius 3 is 1.95 bits per heavy atom. The second-order valence-corrected chi connectivity index (χ2v) is 5.20. The van der Waals surface area contributed by atoms with Gasteiger partial charge in [0.2, 0.25) is 10.6 Å². The van der Waals surface area contributed by atoms with Gasteiger partial charge in [-0.2, -0.15) is 0 Å². The molecule has 0 atom stereocenters. The number of hydrogen-bond acceptors (Lipinski definition) is 4. The maximum Gasteiger partial charge on any atom is 0.247 e. The van der Waals surface area contributed by atoms with E-state index in [2.05, 4.69) is 4.98 Å². The molecule has 2 aromatic carbocycles. The highest BCUT2D eigenvalue weighted by Crippen LogP contribution is 2.28. The minimum atomic E-state index is -0.223. The molecule has 3 aromatic rings. The maximum absolute atomic E-state index is 12.3. The van der Waals surface area contributed by atoms with E-state index in [-0.39, 0.29) is 16.2 Å². The summed E-state index contributed by atoms with van der Waals surface area (Å²) in [6, 6.07) is 18.4. The molecule has 0 fully saturated rings. The van der Waals surface area contributed by atoms with Crippen LogP contribution in [0.1, 0.15) is 0 Å². The molecule has 0 saturated carbocycles. The van der Waals surface area contributed by atoms with E-state index in [4.69, 9.17) is 0 Å². The summed E-state index contributed by atoms with van der Waals surface area (Å²) in [7, 11) is 0. The van der Waals surface area contributed by atoms with Crippen molar-refractivity contribution in [3.63, 3.8) is 0 Å². The van der Waals surface area contributed by atoms with Crippen LogP contribution >= 0.6 is 11.3 Å². The fraction of sp³-hybridized carbons (Fsp3) is 0. The Morgan fingerprint density at radius 1 is 0.850 bits per heavy atom. The Hall–Kier alpha value is -2.46. The lowest BCUT2D eigenvalue weighted by Crippen LogP contribution is -2.02. The van der Waals surface area contributed by atoms with Crippen molar-refractivity contribution in [3.05, 3.63) is 70.2 Å². The standard InChI is InChI=1S/C16H11NO2S/c18-14-13(11-7-3-1-4-8-11)16(19)20-15(17-14)12-9-5-2-6-10-12/h1-10,18H. The Kier molecular flexibility index (Phi) is 3.31. The summed E-state index contributed by atoms with van der Waals surface area (Å²) in [5, 5.41) is 10.6. The first kappa shape index (κ1) is 12.6. The Bertz CT molecular complexity index is 783. The Morgan fingerprint density at radius 2 is 1.40 bits per heavy atom. The number of nitrogens with zero attached hydrogens (tertiary/aromatic N) is 1. The van der Waals surface area contributed by atoms with Gasteiger partial charge in [0.1, 0.15) is 10.6 Å². The molecule has 0 spiro atoms. The van der Waals surface area contributed by atoms with Crippen LogP contribution in [0.5, 0.6) is 5.88 Å². The van der Waals surface area contributed by atoms with Crippen molar-refractivity contribution in [2.75, 3.05) is 0 Å². The average Bonchev–Trinajstić information content (AvgIpc) is 2.48. The number of aromatic hydroxyl groups is 1. The minimum absolute atomic E-state index is 0.192. The van der Waals surface area contributed by atoms with Gasteiger partial charge >= 0.3 is 0 Å². The first-order chi connectivity index (χ1) is 9.75. The summed E-state index contributed by atoms with van der Waals surface area (Å²) in [5.41, 5.74) is 1.76. The molecule has 98 valence electrons. The molecule has 4 heteroatoms.